The van der Waals surface area contributed by atoms with Crippen molar-refractivity contribution < 1.29 is 10.2 Å². The van der Waals surface area contributed by atoms with E-state index in [0.717, 1.165) is 16.5 Å². The lowest BCUT2D eigenvalue weighted by Crippen LogP contribution is -2.18. The van der Waals surface area contributed by atoms with Crippen molar-refractivity contribution in [3.05, 3.63) is 35.4 Å². The normalized spacial score (nSPS) is 14.9. The maximum absolute atomic E-state index is 9.85. The van der Waals surface area contributed by atoms with Gasteiger partial charge in [0.1, 0.15) is 6.10 Å². The number of aliphatic hydroxyl groups is 2. The zero-order valence-electron chi connectivity index (χ0n) is 8.24. The largest absolute Gasteiger partial charge is 0.390 e. The van der Waals surface area contributed by atoms with Crippen molar-refractivity contribution in [2.24, 2.45) is 0 Å². The second-order valence-corrected chi connectivity index (χ2v) is 4.72. The van der Waals surface area contributed by atoms with E-state index < -0.39 is 12.2 Å². The van der Waals surface area contributed by atoms with Crippen molar-refractivity contribution in [3.8, 4) is 0 Å². The average Bonchev–Trinajstić information content (AvgIpc) is 2.28. The molecule has 0 heterocycles. The Bertz CT molecular complexity index is 304. The van der Waals surface area contributed by atoms with Crippen molar-refractivity contribution in [1.29, 1.82) is 0 Å². The second-order valence-electron chi connectivity index (χ2n) is 3.37. The number of hydrogen-bond donors (Lipinski definition) is 2. The molecule has 0 fully saturated rings. The summed E-state index contributed by atoms with van der Waals surface area (Å²) in [6.07, 6.45) is -0.976. The Morgan fingerprint density at radius 2 is 1.93 bits per heavy atom. The van der Waals surface area contributed by atoms with Crippen LogP contribution < -0.4 is 0 Å². The summed E-state index contributed by atoms with van der Waals surface area (Å²) in [6, 6.07) is 7.59. The van der Waals surface area contributed by atoms with Crippen molar-refractivity contribution in [3.63, 3.8) is 0 Å². The van der Waals surface area contributed by atoms with Gasteiger partial charge in [0, 0.05) is 10.7 Å². The van der Waals surface area contributed by atoms with Crippen molar-refractivity contribution in [2.45, 2.75) is 24.0 Å². The molecule has 0 bridgehead atoms. The molecule has 0 aromatic heterocycles. The lowest BCUT2D eigenvalue weighted by molar-refractivity contribution is 0.0173. The van der Waals surface area contributed by atoms with Gasteiger partial charge in [0.05, 0.1) is 6.10 Å². The minimum Gasteiger partial charge on any atom is -0.390 e. The molecule has 2 unspecified atom stereocenters. The SMILES string of the molecule is OC(CCBr)C(O)c1cccc(CBr)c1. The third-order valence-electron chi connectivity index (χ3n) is 2.22. The van der Waals surface area contributed by atoms with Gasteiger partial charge in [0.15, 0.2) is 0 Å². The minimum atomic E-state index is -0.804. The van der Waals surface area contributed by atoms with Crippen LogP contribution in [0.2, 0.25) is 0 Å². The minimum absolute atomic E-state index is 0.541. The van der Waals surface area contributed by atoms with Crippen LogP contribution in [0.1, 0.15) is 23.7 Å². The van der Waals surface area contributed by atoms with Crippen LogP contribution in [0.25, 0.3) is 0 Å². The first kappa shape index (κ1) is 13.2. The van der Waals surface area contributed by atoms with E-state index in [4.69, 9.17) is 0 Å². The highest BCUT2D eigenvalue weighted by atomic mass is 79.9. The van der Waals surface area contributed by atoms with Crippen LogP contribution in [-0.2, 0) is 5.33 Å². The van der Waals surface area contributed by atoms with Crippen LogP contribution in [0.4, 0.5) is 0 Å². The molecule has 0 radical (unpaired) electrons. The van der Waals surface area contributed by atoms with E-state index in [0.29, 0.717) is 11.8 Å². The van der Waals surface area contributed by atoms with Gasteiger partial charge in [-0.3, -0.25) is 0 Å². The Hall–Kier alpha value is 0.100. The number of alkyl halides is 2. The average molecular weight is 338 g/mol. The molecule has 1 aromatic rings. The quantitative estimate of drug-likeness (QED) is 0.811. The van der Waals surface area contributed by atoms with Crippen molar-refractivity contribution >= 4 is 31.9 Å². The fourth-order valence-electron chi connectivity index (χ4n) is 1.35. The molecule has 2 atom stereocenters. The second kappa shape index (κ2) is 6.63. The molecule has 2 nitrogen and oxygen atoms in total. The van der Waals surface area contributed by atoms with Gasteiger partial charge in [-0.05, 0) is 17.5 Å². The molecular weight excluding hydrogens is 324 g/mol. The Labute approximate surface area is 107 Å². The topological polar surface area (TPSA) is 40.5 Å². The molecular formula is C11H14Br2O2. The highest BCUT2D eigenvalue weighted by Crippen LogP contribution is 2.21. The van der Waals surface area contributed by atoms with Gasteiger partial charge in [-0.1, -0.05) is 56.1 Å². The molecule has 0 saturated heterocycles. The molecule has 0 aliphatic heterocycles. The molecule has 1 aromatic carbocycles. The van der Waals surface area contributed by atoms with Crippen LogP contribution in [0, 0.1) is 0 Å². The first-order valence-corrected chi connectivity index (χ1v) is 7.00. The first-order chi connectivity index (χ1) is 7.19. The fourth-order valence-corrected chi connectivity index (χ4v) is 2.17. The first-order valence-electron chi connectivity index (χ1n) is 4.76. The van der Waals surface area contributed by atoms with Gasteiger partial charge in [0.2, 0.25) is 0 Å². The Kier molecular flexibility index (Phi) is 5.82. The summed E-state index contributed by atoms with van der Waals surface area (Å²) in [5, 5.41) is 20.9. The molecule has 0 saturated carbocycles. The monoisotopic (exact) mass is 336 g/mol. The molecule has 0 aliphatic carbocycles. The van der Waals surface area contributed by atoms with E-state index in [1.165, 1.54) is 0 Å². The highest BCUT2D eigenvalue weighted by Gasteiger charge is 2.17. The standard InChI is InChI=1S/C11H14Br2O2/c12-5-4-10(14)11(15)9-3-1-2-8(6-9)7-13/h1-3,6,10-11,14-15H,4-5,7H2. The van der Waals surface area contributed by atoms with Gasteiger partial charge < -0.3 is 10.2 Å². The fraction of sp³-hybridized carbons (Fsp3) is 0.455. The molecule has 0 spiro atoms. The number of hydrogen-bond acceptors (Lipinski definition) is 2. The third kappa shape index (κ3) is 3.87. The van der Waals surface area contributed by atoms with Gasteiger partial charge in [-0.25, -0.2) is 0 Å². The summed E-state index contributed by atoms with van der Waals surface area (Å²) in [6.45, 7) is 0. The third-order valence-corrected chi connectivity index (χ3v) is 3.32. The molecule has 4 heteroatoms. The van der Waals surface area contributed by atoms with Gasteiger partial charge in [0.25, 0.3) is 0 Å². The Morgan fingerprint density at radius 1 is 1.20 bits per heavy atom. The van der Waals surface area contributed by atoms with E-state index in [2.05, 4.69) is 31.9 Å². The lowest BCUT2D eigenvalue weighted by Gasteiger charge is -2.17. The highest BCUT2D eigenvalue weighted by molar-refractivity contribution is 9.09. The number of halogens is 2. The summed E-state index contributed by atoms with van der Waals surface area (Å²) < 4.78 is 0. The zero-order chi connectivity index (χ0) is 11.3. The van der Waals surface area contributed by atoms with E-state index in [-0.39, 0.29) is 0 Å². The lowest BCUT2D eigenvalue weighted by atomic mass is 10.0. The zero-order valence-corrected chi connectivity index (χ0v) is 11.4. The summed E-state index contributed by atoms with van der Waals surface area (Å²) >= 11 is 6.60. The van der Waals surface area contributed by atoms with Gasteiger partial charge in [-0.2, -0.15) is 0 Å². The summed E-state index contributed by atoms with van der Waals surface area (Å²) in [7, 11) is 0. The molecule has 84 valence electrons. The van der Waals surface area contributed by atoms with Gasteiger partial charge >= 0.3 is 0 Å². The predicted molar refractivity (Wildman–Crippen MR) is 68.5 cm³/mol. The van der Waals surface area contributed by atoms with Crippen LogP contribution in [-0.4, -0.2) is 21.6 Å². The number of benzene rings is 1. The molecule has 1 rings (SSSR count). The van der Waals surface area contributed by atoms with Crippen molar-refractivity contribution in [2.75, 3.05) is 5.33 Å². The Morgan fingerprint density at radius 3 is 2.53 bits per heavy atom. The number of aliphatic hydroxyl groups excluding tert-OH is 2. The molecule has 0 aliphatic rings. The van der Waals surface area contributed by atoms with Crippen LogP contribution in [0.3, 0.4) is 0 Å². The predicted octanol–water partition coefficient (Wildman–Crippen LogP) is 2.76. The Balaban J connectivity index is 2.76. The molecule has 0 amide bonds. The van der Waals surface area contributed by atoms with E-state index in [1.807, 2.05) is 24.3 Å². The van der Waals surface area contributed by atoms with Crippen LogP contribution in [0.15, 0.2) is 24.3 Å². The summed E-state index contributed by atoms with van der Waals surface area (Å²) in [4.78, 5) is 0. The van der Waals surface area contributed by atoms with E-state index >= 15 is 0 Å². The van der Waals surface area contributed by atoms with Crippen LogP contribution in [0.5, 0.6) is 0 Å². The smallest absolute Gasteiger partial charge is 0.105 e. The van der Waals surface area contributed by atoms with Crippen molar-refractivity contribution in [1.82, 2.24) is 0 Å². The summed E-state index contributed by atoms with van der Waals surface area (Å²) in [5.74, 6) is 0. The summed E-state index contributed by atoms with van der Waals surface area (Å²) in [5.41, 5.74) is 1.86. The number of rotatable bonds is 5. The maximum atomic E-state index is 9.85. The van der Waals surface area contributed by atoms with Crippen LogP contribution >= 0.6 is 31.9 Å². The molecule has 15 heavy (non-hydrogen) atoms. The van der Waals surface area contributed by atoms with E-state index in [1.54, 1.807) is 0 Å². The van der Waals surface area contributed by atoms with E-state index in [9.17, 15) is 10.2 Å². The molecule has 2 N–H and O–H groups in total. The van der Waals surface area contributed by atoms with Gasteiger partial charge in [-0.15, -0.1) is 0 Å². The maximum Gasteiger partial charge on any atom is 0.105 e.